The zero-order valence-electron chi connectivity index (χ0n) is 13.1. The van der Waals surface area contributed by atoms with Gasteiger partial charge in [0.15, 0.2) is 0 Å². The number of carbonyl (C=O) groups is 1. The maximum Gasteiger partial charge on any atom is 0.355 e. The predicted molar refractivity (Wildman–Crippen MR) is 92.7 cm³/mol. The van der Waals surface area contributed by atoms with Crippen molar-refractivity contribution in [2.24, 2.45) is 0 Å². The lowest BCUT2D eigenvalue weighted by Gasteiger charge is -2.17. The van der Waals surface area contributed by atoms with Crippen LogP contribution < -0.4 is 15.8 Å². The van der Waals surface area contributed by atoms with E-state index in [1.165, 1.54) is 6.33 Å². The van der Waals surface area contributed by atoms with Crippen LogP contribution in [0.25, 0.3) is 0 Å². The van der Waals surface area contributed by atoms with E-state index >= 15 is 0 Å². The summed E-state index contributed by atoms with van der Waals surface area (Å²) < 4.78 is 0. The van der Waals surface area contributed by atoms with Gasteiger partial charge in [-0.25, -0.2) is 9.97 Å². The van der Waals surface area contributed by atoms with Gasteiger partial charge in [-0.05, 0) is 37.1 Å². The van der Waals surface area contributed by atoms with E-state index in [1.54, 1.807) is 24.3 Å². The molecule has 2 aromatic rings. The lowest BCUT2D eigenvalue weighted by atomic mass is 10.2. The van der Waals surface area contributed by atoms with Crippen LogP contribution in [0.2, 0.25) is 5.02 Å². The number of amides is 1. The first-order valence-corrected chi connectivity index (χ1v) is 8.00. The van der Waals surface area contributed by atoms with Gasteiger partial charge in [0.1, 0.15) is 6.33 Å². The summed E-state index contributed by atoms with van der Waals surface area (Å²) in [5.41, 5.74) is 5.01. The van der Waals surface area contributed by atoms with E-state index in [-0.39, 0.29) is 17.3 Å². The van der Waals surface area contributed by atoms with Crippen molar-refractivity contribution in [2.75, 3.05) is 23.4 Å². The van der Waals surface area contributed by atoms with E-state index in [1.807, 2.05) is 4.90 Å². The minimum atomic E-state index is -0.551. The van der Waals surface area contributed by atoms with Crippen molar-refractivity contribution in [2.45, 2.75) is 12.8 Å². The molecule has 130 valence electrons. The number of nitrogens with one attached hydrogen (secondary N) is 2. The largest absolute Gasteiger partial charge is 0.355 e. The number of hydrogen-bond donors (Lipinski definition) is 2. The van der Waals surface area contributed by atoms with E-state index in [4.69, 9.17) is 11.6 Å². The second kappa shape index (κ2) is 7.31. The average molecular weight is 363 g/mol. The smallest absolute Gasteiger partial charge is 0.351 e. The van der Waals surface area contributed by atoms with Gasteiger partial charge in [-0.2, -0.15) is 0 Å². The fraction of sp³-hybridized carbons (Fsp3) is 0.267. The minimum Gasteiger partial charge on any atom is -0.351 e. The molecule has 0 spiro atoms. The maximum atomic E-state index is 12.1. The van der Waals surface area contributed by atoms with Crippen molar-refractivity contribution in [3.05, 3.63) is 51.3 Å². The molecular weight excluding hydrogens is 348 g/mol. The summed E-state index contributed by atoms with van der Waals surface area (Å²) >= 11 is 5.78. The van der Waals surface area contributed by atoms with Crippen LogP contribution in [-0.2, 0) is 0 Å². The second-order valence-corrected chi connectivity index (χ2v) is 5.87. The first kappa shape index (κ1) is 16.9. The molecule has 0 aliphatic carbocycles. The minimum absolute atomic E-state index is 0.0655. The zero-order valence-corrected chi connectivity index (χ0v) is 13.9. The normalized spacial score (nSPS) is 13.6. The summed E-state index contributed by atoms with van der Waals surface area (Å²) in [5, 5.41) is 12.0. The highest BCUT2D eigenvalue weighted by atomic mass is 35.5. The van der Waals surface area contributed by atoms with Crippen LogP contribution in [0, 0.1) is 10.1 Å². The Morgan fingerprint density at radius 3 is 2.52 bits per heavy atom. The third-order valence-electron chi connectivity index (χ3n) is 3.79. The zero-order chi connectivity index (χ0) is 17.8. The SMILES string of the molecule is O=C(NNc1ncnc(N2CCCC2)c1[N+](=O)[O-])c1ccc(Cl)cc1. The lowest BCUT2D eigenvalue weighted by Crippen LogP contribution is -2.30. The highest BCUT2D eigenvalue weighted by Crippen LogP contribution is 2.33. The predicted octanol–water partition coefficient (Wildman–Crippen LogP) is 2.40. The summed E-state index contributed by atoms with van der Waals surface area (Å²) in [6.45, 7) is 1.41. The molecule has 1 amide bonds. The summed E-state index contributed by atoms with van der Waals surface area (Å²) in [6.07, 6.45) is 3.14. The molecule has 0 bridgehead atoms. The van der Waals surface area contributed by atoms with Gasteiger partial charge < -0.3 is 4.90 Å². The third-order valence-corrected chi connectivity index (χ3v) is 4.04. The molecule has 9 nitrogen and oxygen atoms in total. The van der Waals surface area contributed by atoms with Crippen LogP contribution in [0.1, 0.15) is 23.2 Å². The second-order valence-electron chi connectivity index (χ2n) is 5.43. The number of nitro groups is 1. The van der Waals surface area contributed by atoms with Crippen LogP contribution in [0.5, 0.6) is 0 Å². The molecule has 1 fully saturated rings. The Labute approximate surface area is 148 Å². The molecule has 3 rings (SSSR count). The Morgan fingerprint density at radius 2 is 1.88 bits per heavy atom. The van der Waals surface area contributed by atoms with Crippen molar-refractivity contribution in [3.8, 4) is 0 Å². The Balaban J connectivity index is 1.79. The molecule has 1 aliphatic heterocycles. The molecule has 2 heterocycles. The highest BCUT2D eigenvalue weighted by molar-refractivity contribution is 6.30. The third kappa shape index (κ3) is 3.77. The fourth-order valence-electron chi connectivity index (χ4n) is 2.58. The Kier molecular flexibility index (Phi) is 4.94. The van der Waals surface area contributed by atoms with Crippen LogP contribution in [0.3, 0.4) is 0 Å². The first-order valence-electron chi connectivity index (χ1n) is 7.62. The van der Waals surface area contributed by atoms with Crippen LogP contribution in [-0.4, -0.2) is 33.9 Å². The summed E-state index contributed by atoms with van der Waals surface area (Å²) in [6, 6.07) is 6.25. The van der Waals surface area contributed by atoms with E-state index < -0.39 is 10.8 Å². The molecular formula is C15H15ClN6O3. The van der Waals surface area contributed by atoms with Crippen molar-refractivity contribution in [1.82, 2.24) is 15.4 Å². The monoisotopic (exact) mass is 362 g/mol. The van der Waals surface area contributed by atoms with Gasteiger partial charge in [-0.1, -0.05) is 11.6 Å². The topological polar surface area (TPSA) is 113 Å². The van der Waals surface area contributed by atoms with E-state index in [0.29, 0.717) is 23.7 Å². The van der Waals surface area contributed by atoms with Gasteiger partial charge >= 0.3 is 5.69 Å². The Morgan fingerprint density at radius 1 is 1.20 bits per heavy atom. The van der Waals surface area contributed by atoms with E-state index in [2.05, 4.69) is 20.8 Å². The number of rotatable bonds is 5. The molecule has 0 radical (unpaired) electrons. The van der Waals surface area contributed by atoms with Gasteiger partial charge in [0, 0.05) is 23.7 Å². The van der Waals surface area contributed by atoms with Crippen LogP contribution >= 0.6 is 11.6 Å². The molecule has 1 aromatic heterocycles. The fourth-order valence-corrected chi connectivity index (χ4v) is 2.70. The van der Waals surface area contributed by atoms with Crippen LogP contribution in [0.15, 0.2) is 30.6 Å². The quantitative estimate of drug-likeness (QED) is 0.620. The van der Waals surface area contributed by atoms with Crippen molar-refractivity contribution in [3.63, 3.8) is 0 Å². The lowest BCUT2D eigenvalue weighted by molar-refractivity contribution is -0.383. The molecule has 1 aliphatic rings. The van der Waals surface area contributed by atoms with Crippen LogP contribution in [0.4, 0.5) is 17.3 Å². The number of hydrazine groups is 1. The summed E-state index contributed by atoms with van der Waals surface area (Å²) in [5.74, 6) is -0.280. The Hall–Kier alpha value is -2.94. The number of anilines is 2. The van der Waals surface area contributed by atoms with Gasteiger partial charge in [0.05, 0.1) is 4.92 Å². The molecule has 0 saturated carbocycles. The maximum absolute atomic E-state index is 12.1. The molecule has 1 aromatic carbocycles. The van der Waals surface area contributed by atoms with Crippen molar-refractivity contribution in [1.29, 1.82) is 0 Å². The van der Waals surface area contributed by atoms with Crippen molar-refractivity contribution < 1.29 is 9.72 Å². The molecule has 1 saturated heterocycles. The molecule has 0 unspecified atom stereocenters. The molecule has 0 atom stereocenters. The number of benzene rings is 1. The number of carbonyl (C=O) groups excluding carboxylic acids is 1. The number of nitrogens with zero attached hydrogens (tertiary/aromatic N) is 4. The number of hydrogen-bond acceptors (Lipinski definition) is 7. The van der Waals surface area contributed by atoms with Gasteiger partial charge in [0.25, 0.3) is 5.91 Å². The molecule has 2 N–H and O–H groups in total. The summed E-state index contributed by atoms with van der Waals surface area (Å²) in [4.78, 5) is 32.8. The summed E-state index contributed by atoms with van der Waals surface area (Å²) in [7, 11) is 0. The highest BCUT2D eigenvalue weighted by Gasteiger charge is 2.28. The average Bonchev–Trinajstić information content (AvgIpc) is 3.14. The van der Waals surface area contributed by atoms with Gasteiger partial charge in [-0.15, -0.1) is 0 Å². The standard InChI is InChI=1S/C15H15ClN6O3/c16-11-5-3-10(4-6-11)15(23)20-19-13-12(22(24)25)14(18-9-17-13)21-7-1-2-8-21/h3-6,9H,1-2,7-8H2,(H,20,23)(H,17,18,19). The van der Waals surface area contributed by atoms with E-state index in [9.17, 15) is 14.9 Å². The number of aromatic nitrogens is 2. The first-order chi connectivity index (χ1) is 12.1. The van der Waals surface area contributed by atoms with Gasteiger partial charge in [0.2, 0.25) is 11.6 Å². The van der Waals surface area contributed by atoms with E-state index in [0.717, 1.165) is 12.8 Å². The molecule has 25 heavy (non-hydrogen) atoms. The van der Waals surface area contributed by atoms with Crippen molar-refractivity contribution >= 4 is 34.8 Å². The van der Waals surface area contributed by atoms with Gasteiger partial charge in [-0.3, -0.25) is 25.8 Å². The molecule has 10 heteroatoms. The Bertz CT molecular complexity index is 792. The number of halogens is 1.